The molecule has 0 unspecified atom stereocenters. The molecule has 0 saturated carbocycles. The Balaban J connectivity index is 2.21. The molecule has 0 atom stereocenters. The summed E-state index contributed by atoms with van der Waals surface area (Å²) in [5, 5.41) is 3.67. The Morgan fingerprint density at radius 2 is 1.55 bits per heavy atom. The maximum absolute atomic E-state index is 12.0. The zero-order chi connectivity index (χ0) is 14.8. The Labute approximate surface area is 131 Å². The summed E-state index contributed by atoms with van der Waals surface area (Å²) in [4.78, 5) is 12.0. The van der Waals surface area contributed by atoms with Gasteiger partial charge in [-0.25, -0.2) is 0 Å². The Bertz CT molecular complexity index is 401. The SMILES string of the molecule is CCCCCCCCCNC(=O)c1c(Cl)cccc1Cl. The highest BCUT2D eigenvalue weighted by Gasteiger charge is 2.13. The molecular formula is C16H23Cl2NO. The lowest BCUT2D eigenvalue weighted by atomic mass is 10.1. The van der Waals surface area contributed by atoms with Gasteiger partial charge in [0.15, 0.2) is 0 Å². The first-order chi connectivity index (χ1) is 9.66. The number of rotatable bonds is 9. The second-order valence-electron chi connectivity index (χ2n) is 4.97. The van der Waals surface area contributed by atoms with E-state index in [0.29, 0.717) is 22.2 Å². The number of amides is 1. The minimum absolute atomic E-state index is 0.188. The van der Waals surface area contributed by atoms with E-state index in [1.165, 1.54) is 32.1 Å². The number of benzene rings is 1. The number of unbranched alkanes of at least 4 members (excludes halogenated alkanes) is 6. The Kier molecular flexibility index (Phi) is 8.72. The second kappa shape index (κ2) is 10.1. The molecule has 1 amide bonds. The largest absolute Gasteiger partial charge is 0.352 e. The van der Waals surface area contributed by atoms with Gasteiger partial charge in [0.2, 0.25) is 0 Å². The van der Waals surface area contributed by atoms with Gasteiger partial charge in [-0.05, 0) is 18.6 Å². The standard InChI is InChI=1S/C16H23Cl2NO/c1-2-3-4-5-6-7-8-12-19-16(20)15-13(17)10-9-11-14(15)18/h9-11H,2-8,12H2,1H3,(H,19,20). The summed E-state index contributed by atoms with van der Waals surface area (Å²) in [7, 11) is 0. The van der Waals surface area contributed by atoms with Crippen molar-refractivity contribution in [3.63, 3.8) is 0 Å². The maximum atomic E-state index is 12.0. The van der Waals surface area contributed by atoms with Gasteiger partial charge in [-0.1, -0.05) is 74.7 Å². The summed E-state index contributed by atoms with van der Waals surface area (Å²) in [5.74, 6) is -0.188. The third kappa shape index (κ3) is 6.15. The van der Waals surface area contributed by atoms with Gasteiger partial charge in [0.25, 0.3) is 5.91 Å². The molecule has 0 saturated heterocycles. The molecule has 0 fully saturated rings. The second-order valence-corrected chi connectivity index (χ2v) is 5.79. The summed E-state index contributed by atoms with van der Waals surface area (Å²) in [6.45, 7) is 2.89. The molecule has 20 heavy (non-hydrogen) atoms. The highest BCUT2D eigenvalue weighted by molar-refractivity contribution is 6.39. The van der Waals surface area contributed by atoms with Crippen LogP contribution in [0.5, 0.6) is 0 Å². The fraction of sp³-hybridized carbons (Fsp3) is 0.562. The summed E-state index contributed by atoms with van der Waals surface area (Å²) < 4.78 is 0. The van der Waals surface area contributed by atoms with Gasteiger partial charge in [0.1, 0.15) is 0 Å². The Hall–Kier alpha value is -0.730. The molecule has 112 valence electrons. The number of hydrogen-bond acceptors (Lipinski definition) is 1. The average molecular weight is 316 g/mol. The first-order valence-electron chi connectivity index (χ1n) is 7.39. The number of hydrogen-bond donors (Lipinski definition) is 1. The van der Waals surface area contributed by atoms with Crippen molar-refractivity contribution in [3.05, 3.63) is 33.8 Å². The molecule has 0 aliphatic carbocycles. The van der Waals surface area contributed by atoms with Crippen molar-refractivity contribution in [2.75, 3.05) is 6.54 Å². The van der Waals surface area contributed by atoms with Crippen LogP contribution in [0, 0.1) is 0 Å². The molecule has 2 nitrogen and oxygen atoms in total. The predicted molar refractivity (Wildman–Crippen MR) is 86.8 cm³/mol. The summed E-state index contributed by atoms with van der Waals surface area (Å²) in [6, 6.07) is 5.09. The van der Waals surface area contributed by atoms with Crippen molar-refractivity contribution in [1.82, 2.24) is 5.32 Å². The van der Waals surface area contributed by atoms with Crippen LogP contribution in [0.3, 0.4) is 0 Å². The molecule has 0 heterocycles. The zero-order valence-corrected chi connectivity index (χ0v) is 13.6. The zero-order valence-electron chi connectivity index (χ0n) is 12.1. The van der Waals surface area contributed by atoms with Crippen molar-refractivity contribution >= 4 is 29.1 Å². The van der Waals surface area contributed by atoms with E-state index in [1.807, 2.05) is 0 Å². The van der Waals surface area contributed by atoms with Crippen LogP contribution in [0.2, 0.25) is 10.0 Å². The molecule has 1 aromatic carbocycles. The Morgan fingerprint density at radius 3 is 2.15 bits per heavy atom. The molecule has 0 aliphatic rings. The molecule has 0 bridgehead atoms. The van der Waals surface area contributed by atoms with E-state index in [0.717, 1.165) is 12.8 Å². The fourth-order valence-electron chi connectivity index (χ4n) is 2.09. The molecule has 1 N–H and O–H groups in total. The van der Waals surface area contributed by atoms with Gasteiger partial charge < -0.3 is 5.32 Å². The van der Waals surface area contributed by atoms with E-state index in [-0.39, 0.29) is 5.91 Å². The lowest BCUT2D eigenvalue weighted by Crippen LogP contribution is -2.25. The van der Waals surface area contributed by atoms with Crippen molar-refractivity contribution < 1.29 is 4.79 Å². The van der Waals surface area contributed by atoms with Gasteiger partial charge in [-0.2, -0.15) is 0 Å². The highest BCUT2D eigenvalue weighted by Crippen LogP contribution is 2.23. The highest BCUT2D eigenvalue weighted by atomic mass is 35.5. The van der Waals surface area contributed by atoms with Gasteiger partial charge in [0.05, 0.1) is 15.6 Å². The van der Waals surface area contributed by atoms with Crippen molar-refractivity contribution in [1.29, 1.82) is 0 Å². The number of halogens is 2. The van der Waals surface area contributed by atoms with Crippen LogP contribution in [0.1, 0.15) is 62.2 Å². The number of carbonyl (C=O) groups excluding carboxylic acids is 1. The lowest BCUT2D eigenvalue weighted by molar-refractivity contribution is 0.0953. The maximum Gasteiger partial charge on any atom is 0.254 e. The van der Waals surface area contributed by atoms with E-state index in [9.17, 15) is 4.79 Å². The quantitative estimate of drug-likeness (QED) is 0.601. The fourth-order valence-corrected chi connectivity index (χ4v) is 2.66. The smallest absolute Gasteiger partial charge is 0.254 e. The summed E-state index contributed by atoms with van der Waals surface area (Å²) >= 11 is 12.0. The average Bonchev–Trinajstić information content (AvgIpc) is 2.41. The first kappa shape index (κ1) is 17.3. The summed E-state index contributed by atoms with van der Waals surface area (Å²) in [6.07, 6.45) is 8.59. The molecule has 0 aromatic heterocycles. The van der Waals surface area contributed by atoms with Crippen LogP contribution >= 0.6 is 23.2 Å². The molecule has 1 rings (SSSR count). The van der Waals surface area contributed by atoms with Crippen molar-refractivity contribution in [3.8, 4) is 0 Å². The van der Waals surface area contributed by atoms with E-state index >= 15 is 0 Å². The van der Waals surface area contributed by atoms with Gasteiger partial charge in [0, 0.05) is 6.54 Å². The number of carbonyl (C=O) groups is 1. The lowest BCUT2D eigenvalue weighted by Gasteiger charge is -2.08. The monoisotopic (exact) mass is 315 g/mol. The molecule has 0 radical (unpaired) electrons. The van der Waals surface area contributed by atoms with E-state index in [2.05, 4.69) is 12.2 Å². The topological polar surface area (TPSA) is 29.1 Å². The molecule has 0 aliphatic heterocycles. The summed E-state index contributed by atoms with van der Waals surface area (Å²) in [5.41, 5.74) is 0.374. The molecule has 0 spiro atoms. The first-order valence-corrected chi connectivity index (χ1v) is 8.14. The molecule has 4 heteroatoms. The molecular weight excluding hydrogens is 293 g/mol. The van der Waals surface area contributed by atoms with Crippen LogP contribution in [0.15, 0.2) is 18.2 Å². The van der Waals surface area contributed by atoms with Crippen LogP contribution < -0.4 is 5.32 Å². The van der Waals surface area contributed by atoms with Crippen LogP contribution in [-0.2, 0) is 0 Å². The van der Waals surface area contributed by atoms with E-state index < -0.39 is 0 Å². The minimum atomic E-state index is -0.188. The minimum Gasteiger partial charge on any atom is -0.352 e. The normalized spacial score (nSPS) is 10.6. The van der Waals surface area contributed by atoms with Crippen LogP contribution in [0.4, 0.5) is 0 Å². The van der Waals surface area contributed by atoms with Gasteiger partial charge in [-0.15, -0.1) is 0 Å². The number of nitrogens with one attached hydrogen (secondary N) is 1. The van der Waals surface area contributed by atoms with E-state index in [1.54, 1.807) is 18.2 Å². The Morgan fingerprint density at radius 1 is 1.00 bits per heavy atom. The van der Waals surface area contributed by atoms with Crippen molar-refractivity contribution in [2.45, 2.75) is 51.9 Å². The predicted octanol–water partition coefficient (Wildman–Crippen LogP) is 5.47. The van der Waals surface area contributed by atoms with Crippen LogP contribution in [0.25, 0.3) is 0 Å². The van der Waals surface area contributed by atoms with Gasteiger partial charge in [-0.3, -0.25) is 4.79 Å². The van der Waals surface area contributed by atoms with Gasteiger partial charge >= 0.3 is 0 Å². The van der Waals surface area contributed by atoms with E-state index in [4.69, 9.17) is 23.2 Å². The van der Waals surface area contributed by atoms with Crippen molar-refractivity contribution in [2.24, 2.45) is 0 Å². The molecule has 1 aromatic rings. The van der Waals surface area contributed by atoms with Crippen LogP contribution in [-0.4, -0.2) is 12.5 Å². The third-order valence-corrected chi connectivity index (χ3v) is 3.89. The third-order valence-electron chi connectivity index (χ3n) is 3.26.